The van der Waals surface area contributed by atoms with E-state index in [0.29, 0.717) is 19.1 Å². The number of carbonyl (C=O) groups is 1. The number of ether oxygens (including phenoxy) is 1. The molecule has 20 heavy (non-hydrogen) atoms. The lowest BCUT2D eigenvalue weighted by atomic mass is 10.1. The molecule has 3 rings (SSSR count). The zero-order valence-corrected chi connectivity index (χ0v) is 11.6. The Labute approximate surface area is 117 Å². The van der Waals surface area contributed by atoms with Gasteiger partial charge in [0.05, 0.1) is 24.9 Å². The molecule has 1 amide bonds. The first-order valence-electron chi connectivity index (χ1n) is 6.75. The Morgan fingerprint density at radius 3 is 3.00 bits per heavy atom. The van der Waals surface area contributed by atoms with E-state index < -0.39 is 0 Å². The predicted octanol–water partition coefficient (Wildman–Crippen LogP) is 2.85. The molecular weight excluding hydrogens is 254 g/mol. The van der Waals surface area contributed by atoms with Crippen molar-refractivity contribution in [3.05, 3.63) is 30.6 Å². The standard InChI is InChI=1S/C15H17N3O2/c1-10(2)18-9-11(8-16-18)12-4-3-5-13-15(12)20-7-6-14(19)17-13/h3-5,8-10H,6-7H2,1-2H3,(H,17,19). The average Bonchev–Trinajstić information content (AvgIpc) is 2.82. The number of rotatable bonds is 2. The van der Waals surface area contributed by atoms with Crippen LogP contribution in [0.15, 0.2) is 30.6 Å². The van der Waals surface area contributed by atoms with Gasteiger partial charge in [0.1, 0.15) is 0 Å². The highest BCUT2D eigenvalue weighted by atomic mass is 16.5. The second-order valence-corrected chi connectivity index (χ2v) is 5.13. The predicted molar refractivity (Wildman–Crippen MR) is 76.8 cm³/mol. The van der Waals surface area contributed by atoms with Crippen LogP contribution in [0.5, 0.6) is 5.75 Å². The third kappa shape index (κ3) is 2.27. The molecule has 104 valence electrons. The monoisotopic (exact) mass is 271 g/mol. The van der Waals surface area contributed by atoms with Crippen LogP contribution in [0.1, 0.15) is 26.3 Å². The number of fused-ring (bicyclic) bond motifs is 1. The van der Waals surface area contributed by atoms with Crippen molar-refractivity contribution < 1.29 is 9.53 Å². The first-order valence-corrected chi connectivity index (χ1v) is 6.75. The van der Waals surface area contributed by atoms with Gasteiger partial charge in [-0.05, 0) is 19.9 Å². The van der Waals surface area contributed by atoms with Crippen molar-refractivity contribution in [2.24, 2.45) is 0 Å². The number of nitrogens with one attached hydrogen (secondary N) is 1. The van der Waals surface area contributed by atoms with Crippen LogP contribution in [0.4, 0.5) is 5.69 Å². The Morgan fingerprint density at radius 2 is 2.25 bits per heavy atom. The minimum atomic E-state index is -0.0150. The zero-order chi connectivity index (χ0) is 14.1. The Morgan fingerprint density at radius 1 is 1.40 bits per heavy atom. The Kier molecular flexibility index (Phi) is 3.18. The number of hydrogen-bond donors (Lipinski definition) is 1. The van der Waals surface area contributed by atoms with Gasteiger partial charge in [0.2, 0.25) is 5.91 Å². The van der Waals surface area contributed by atoms with E-state index >= 15 is 0 Å². The van der Waals surface area contributed by atoms with Crippen molar-refractivity contribution in [1.82, 2.24) is 9.78 Å². The van der Waals surface area contributed by atoms with Crippen molar-refractivity contribution in [2.45, 2.75) is 26.3 Å². The lowest BCUT2D eigenvalue weighted by Crippen LogP contribution is -2.10. The molecule has 1 aliphatic heterocycles. The number of benzene rings is 1. The molecule has 1 aromatic heterocycles. The molecule has 0 saturated carbocycles. The number of para-hydroxylation sites is 1. The molecule has 0 fully saturated rings. The van der Waals surface area contributed by atoms with E-state index in [2.05, 4.69) is 24.3 Å². The fraction of sp³-hybridized carbons (Fsp3) is 0.333. The highest BCUT2D eigenvalue weighted by Gasteiger charge is 2.18. The van der Waals surface area contributed by atoms with Crippen molar-refractivity contribution >= 4 is 11.6 Å². The van der Waals surface area contributed by atoms with E-state index in [1.165, 1.54) is 0 Å². The van der Waals surface area contributed by atoms with Crippen LogP contribution >= 0.6 is 0 Å². The van der Waals surface area contributed by atoms with Gasteiger partial charge in [-0.1, -0.05) is 12.1 Å². The van der Waals surface area contributed by atoms with E-state index in [-0.39, 0.29) is 5.91 Å². The van der Waals surface area contributed by atoms with Gasteiger partial charge in [-0.25, -0.2) is 0 Å². The highest BCUT2D eigenvalue weighted by Crippen LogP contribution is 2.37. The van der Waals surface area contributed by atoms with Gasteiger partial charge in [-0.2, -0.15) is 5.10 Å². The maximum Gasteiger partial charge on any atom is 0.227 e. The highest BCUT2D eigenvalue weighted by molar-refractivity contribution is 5.95. The Bertz CT molecular complexity index is 646. The molecule has 5 heteroatoms. The molecule has 2 aromatic rings. The second-order valence-electron chi connectivity index (χ2n) is 5.13. The van der Waals surface area contributed by atoms with Crippen LogP contribution in [-0.2, 0) is 4.79 Å². The molecule has 0 saturated heterocycles. The number of hydrogen-bond acceptors (Lipinski definition) is 3. The summed E-state index contributed by atoms with van der Waals surface area (Å²) in [5.41, 5.74) is 2.67. The van der Waals surface area contributed by atoms with Gasteiger partial charge in [0, 0.05) is 23.4 Å². The molecule has 2 heterocycles. The summed E-state index contributed by atoms with van der Waals surface area (Å²) in [5.74, 6) is 0.709. The zero-order valence-electron chi connectivity index (χ0n) is 11.6. The fourth-order valence-electron chi connectivity index (χ4n) is 2.24. The van der Waals surface area contributed by atoms with Crippen LogP contribution in [0.3, 0.4) is 0 Å². The minimum Gasteiger partial charge on any atom is -0.490 e. The Balaban J connectivity index is 2.05. The summed E-state index contributed by atoms with van der Waals surface area (Å²) >= 11 is 0. The number of carbonyl (C=O) groups excluding carboxylic acids is 1. The minimum absolute atomic E-state index is 0.0150. The molecule has 1 aliphatic rings. The molecule has 1 aromatic carbocycles. The van der Waals surface area contributed by atoms with Crippen LogP contribution < -0.4 is 10.1 Å². The number of nitrogens with zero attached hydrogens (tertiary/aromatic N) is 2. The van der Waals surface area contributed by atoms with Crippen molar-refractivity contribution in [2.75, 3.05) is 11.9 Å². The van der Waals surface area contributed by atoms with Gasteiger partial charge >= 0.3 is 0 Å². The van der Waals surface area contributed by atoms with Gasteiger partial charge < -0.3 is 10.1 Å². The molecule has 0 bridgehead atoms. The van der Waals surface area contributed by atoms with Crippen molar-refractivity contribution in [3.63, 3.8) is 0 Å². The topological polar surface area (TPSA) is 56.1 Å². The number of aromatic nitrogens is 2. The molecule has 5 nitrogen and oxygen atoms in total. The third-order valence-corrected chi connectivity index (χ3v) is 3.31. The average molecular weight is 271 g/mol. The third-order valence-electron chi connectivity index (χ3n) is 3.31. The summed E-state index contributed by atoms with van der Waals surface area (Å²) in [6.07, 6.45) is 4.20. The summed E-state index contributed by atoms with van der Waals surface area (Å²) in [5, 5.41) is 7.22. The number of anilines is 1. The van der Waals surface area contributed by atoms with Crippen molar-refractivity contribution in [1.29, 1.82) is 0 Å². The van der Waals surface area contributed by atoms with Gasteiger partial charge in [0.25, 0.3) is 0 Å². The molecule has 0 spiro atoms. The maximum absolute atomic E-state index is 11.6. The smallest absolute Gasteiger partial charge is 0.227 e. The van der Waals surface area contributed by atoms with Gasteiger partial charge in [0.15, 0.2) is 5.75 Å². The van der Waals surface area contributed by atoms with Crippen LogP contribution in [0.2, 0.25) is 0 Å². The Hall–Kier alpha value is -2.30. The molecule has 0 radical (unpaired) electrons. The van der Waals surface area contributed by atoms with Crippen LogP contribution in [0, 0.1) is 0 Å². The second kappa shape index (κ2) is 5.00. The summed E-state index contributed by atoms with van der Waals surface area (Å²) in [6.45, 7) is 4.56. The van der Waals surface area contributed by atoms with E-state index in [1.54, 1.807) is 0 Å². The largest absolute Gasteiger partial charge is 0.490 e. The van der Waals surface area contributed by atoms with E-state index in [0.717, 1.165) is 22.6 Å². The fourth-order valence-corrected chi connectivity index (χ4v) is 2.24. The molecule has 1 N–H and O–H groups in total. The molecule has 0 unspecified atom stereocenters. The first kappa shape index (κ1) is 12.7. The molecular formula is C15H17N3O2. The van der Waals surface area contributed by atoms with E-state index in [4.69, 9.17) is 4.74 Å². The summed E-state index contributed by atoms with van der Waals surface area (Å²) < 4.78 is 7.66. The summed E-state index contributed by atoms with van der Waals surface area (Å²) in [6, 6.07) is 6.06. The van der Waals surface area contributed by atoms with E-state index in [1.807, 2.05) is 35.3 Å². The van der Waals surface area contributed by atoms with Gasteiger partial charge in [-0.3, -0.25) is 9.48 Å². The SMILES string of the molecule is CC(C)n1cc(-c2cccc3c2OCCC(=O)N3)cn1. The van der Waals surface area contributed by atoms with E-state index in [9.17, 15) is 4.79 Å². The normalized spacial score (nSPS) is 14.4. The first-order chi connectivity index (χ1) is 9.65. The number of amides is 1. The summed E-state index contributed by atoms with van der Waals surface area (Å²) in [7, 11) is 0. The summed E-state index contributed by atoms with van der Waals surface area (Å²) in [4.78, 5) is 11.6. The lowest BCUT2D eigenvalue weighted by molar-refractivity contribution is -0.116. The molecule has 0 atom stereocenters. The maximum atomic E-state index is 11.6. The quantitative estimate of drug-likeness (QED) is 0.913. The molecule has 0 aliphatic carbocycles. The van der Waals surface area contributed by atoms with Gasteiger partial charge in [-0.15, -0.1) is 0 Å². The van der Waals surface area contributed by atoms with Crippen molar-refractivity contribution in [3.8, 4) is 16.9 Å². The van der Waals surface area contributed by atoms with Crippen LogP contribution in [0.25, 0.3) is 11.1 Å². The van der Waals surface area contributed by atoms with Crippen LogP contribution in [-0.4, -0.2) is 22.3 Å². The lowest BCUT2D eigenvalue weighted by Gasteiger charge is -2.11.